The average Bonchev–Trinajstić information content (AvgIpc) is 2.72. The van der Waals surface area contributed by atoms with Crippen LogP contribution in [-0.2, 0) is 14.4 Å². The van der Waals surface area contributed by atoms with Crippen LogP contribution in [0.15, 0.2) is 0 Å². The van der Waals surface area contributed by atoms with Crippen LogP contribution in [0.1, 0.15) is 38.5 Å². The first-order valence-electron chi connectivity index (χ1n) is 10.9. The molecule has 32 heavy (non-hydrogen) atoms. The summed E-state index contributed by atoms with van der Waals surface area (Å²) in [6, 6.07) is -0.776. The molecule has 3 unspecified atom stereocenters. The summed E-state index contributed by atoms with van der Waals surface area (Å²) in [6.07, 6.45) is 0.0856. The fraction of sp³-hybridized carbons (Fsp3) is 0.842. The molecule has 0 aliphatic rings. The molecule has 0 aromatic carbocycles. The van der Waals surface area contributed by atoms with Gasteiger partial charge in [0.2, 0.25) is 17.7 Å². The van der Waals surface area contributed by atoms with Crippen molar-refractivity contribution in [1.82, 2.24) is 16.0 Å². The predicted molar refractivity (Wildman–Crippen MR) is 123 cm³/mol. The molecule has 0 fully saturated rings. The number of amides is 3. The van der Waals surface area contributed by atoms with Gasteiger partial charge in [-0.05, 0) is 19.3 Å². The van der Waals surface area contributed by atoms with E-state index in [9.17, 15) is 19.5 Å². The van der Waals surface area contributed by atoms with Crippen LogP contribution in [0.25, 0.3) is 0 Å². The van der Waals surface area contributed by atoms with Crippen molar-refractivity contribution in [3.8, 4) is 0 Å². The summed E-state index contributed by atoms with van der Waals surface area (Å²) >= 11 is 0. The summed E-state index contributed by atoms with van der Waals surface area (Å²) in [4.78, 5) is 36.9. The lowest BCUT2D eigenvalue weighted by molar-refractivity contribution is -0.136. The third-order valence-electron chi connectivity index (χ3n) is 4.89. The Labute approximate surface area is 189 Å². The van der Waals surface area contributed by atoms with E-state index in [0.29, 0.717) is 19.3 Å². The van der Waals surface area contributed by atoms with Gasteiger partial charge in [0.15, 0.2) is 0 Å². The lowest BCUT2D eigenvalue weighted by Crippen LogP contribution is -2.46. The maximum absolute atomic E-state index is 12.3. The number of hydrogen-bond donors (Lipinski definition) is 10. The van der Waals surface area contributed by atoms with Crippen LogP contribution in [0.2, 0.25) is 0 Å². The maximum atomic E-state index is 12.3. The highest BCUT2D eigenvalue weighted by Crippen LogP contribution is 2.20. The minimum Gasteiger partial charge on any atom is -0.388 e. The minimum atomic E-state index is -1.87. The molecule has 0 radical (unpaired) electrons. The van der Waals surface area contributed by atoms with Crippen LogP contribution >= 0.6 is 0 Å². The Kier molecular flexibility index (Phi) is 15.7. The largest absolute Gasteiger partial charge is 0.388 e. The first kappa shape index (κ1) is 30.1. The van der Waals surface area contributed by atoms with E-state index in [-0.39, 0.29) is 57.4 Å². The number of aliphatic hydroxyl groups is 1. The topological polar surface area (TPSA) is 264 Å². The number of hydrogen-bond acceptors (Lipinski definition) is 10. The lowest BCUT2D eigenvalue weighted by Gasteiger charge is -2.27. The van der Waals surface area contributed by atoms with Crippen LogP contribution < -0.4 is 50.4 Å². The van der Waals surface area contributed by atoms with Gasteiger partial charge >= 0.3 is 0 Å². The van der Waals surface area contributed by atoms with E-state index in [4.69, 9.17) is 34.4 Å². The van der Waals surface area contributed by atoms with Crippen molar-refractivity contribution in [2.45, 2.75) is 62.3 Å². The number of carbonyl (C=O) groups excluding carboxylic acids is 3. The van der Waals surface area contributed by atoms with Crippen molar-refractivity contribution in [2.75, 3.05) is 39.3 Å². The summed E-state index contributed by atoms with van der Waals surface area (Å²) in [7, 11) is 0. The molecule has 0 aromatic rings. The third kappa shape index (κ3) is 15.0. The van der Waals surface area contributed by atoms with E-state index < -0.39 is 42.6 Å². The Morgan fingerprint density at radius 3 is 1.09 bits per heavy atom. The summed E-state index contributed by atoms with van der Waals surface area (Å²) in [5.74, 6) is -1.52. The van der Waals surface area contributed by atoms with Gasteiger partial charge in [0, 0.05) is 57.4 Å². The van der Waals surface area contributed by atoms with Crippen molar-refractivity contribution >= 4 is 17.7 Å². The molecule has 3 amide bonds. The zero-order chi connectivity index (χ0) is 24.6. The van der Waals surface area contributed by atoms with E-state index in [2.05, 4.69) is 16.0 Å². The number of nitrogens with two attached hydrogens (primary N) is 6. The molecule has 16 N–H and O–H groups in total. The molecule has 0 heterocycles. The quantitative estimate of drug-likeness (QED) is 0.0931. The Bertz CT molecular complexity index is 491. The highest BCUT2D eigenvalue weighted by Gasteiger charge is 2.35. The molecule has 0 saturated heterocycles. The normalized spacial score (nSPS) is 15.8. The smallest absolute Gasteiger partial charge is 0.222 e. The standard InChI is InChI=1S/C19H43N9O4/c20-10-13(23)1-4-26-16(29)7-19(32,8-17(30)27-5-2-14(24)11-21)9-18(31)28-6-3-15(25)12-22/h13-15,32H,1-12,20-25H2,(H,26,29)(H,27,30)(H,28,31). The monoisotopic (exact) mass is 461 g/mol. The van der Waals surface area contributed by atoms with Crippen molar-refractivity contribution in [1.29, 1.82) is 0 Å². The molecular formula is C19H43N9O4. The van der Waals surface area contributed by atoms with Gasteiger partial charge in [-0.1, -0.05) is 0 Å². The van der Waals surface area contributed by atoms with Crippen molar-refractivity contribution in [3.05, 3.63) is 0 Å². The maximum Gasteiger partial charge on any atom is 0.222 e. The van der Waals surface area contributed by atoms with Gasteiger partial charge in [-0.3, -0.25) is 14.4 Å². The van der Waals surface area contributed by atoms with Crippen molar-refractivity contribution < 1.29 is 19.5 Å². The fourth-order valence-electron chi connectivity index (χ4n) is 2.82. The molecule has 0 spiro atoms. The van der Waals surface area contributed by atoms with Crippen molar-refractivity contribution in [3.63, 3.8) is 0 Å². The molecule has 13 nitrogen and oxygen atoms in total. The van der Waals surface area contributed by atoms with Gasteiger partial charge in [-0.2, -0.15) is 0 Å². The number of nitrogens with one attached hydrogen (secondary N) is 3. The second-order valence-corrected chi connectivity index (χ2v) is 8.16. The molecule has 188 valence electrons. The zero-order valence-electron chi connectivity index (χ0n) is 18.9. The Morgan fingerprint density at radius 2 is 0.875 bits per heavy atom. The van der Waals surface area contributed by atoms with Crippen LogP contribution in [0, 0.1) is 0 Å². The molecule has 0 aliphatic carbocycles. The average molecular weight is 462 g/mol. The van der Waals surface area contributed by atoms with E-state index in [1.807, 2.05) is 0 Å². The molecule has 3 atom stereocenters. The third-order valence-corrected chi connectivity index (χ3v) is 4.89. The first-order chi connectivity index (χ1) is 15.0. The van der Waals surface area contributed by atoms with Crippen LogP contribution in [0.4, 0.5) is 0 Å². The Balaban J connectivity index is 4.88. The van der Waals surface area contributed by atoms with Crippen molar-refractivity contribution in [2.24, 2.45) is 34.4 Å². The molecular weight excluding hydrogens is 418 g/mol. The van der Waals surface area contributed by atoms with E-state index in [1.165, 1.54) is 0 Å². The highest BCUT2D eigenvalue weighted by molar-refractivity contribution is 5.84. The SMILES string of the molecule is NCC(N)CCNC(=O)CC(O)(CC(=O)NCCC(N)CN)CC(=O)NCCC(N)CN. The highest BCUT2D eigenvalue weighted by atomic mass is 16.3. The van der Waals surface area contributed by atoms with Gasteiger partial charge in [-0.25, -0.2) is 0 Å². The van der Waals surface area contributed by atoms with Crippen LogP contribution in [-0.4, -0.2) is 85.8 Å². The van der Waals surface area contributed by atoms with E-state index >= 15 is 0 Å². The lowest BCUT2D eigenvalue weighted by atomic mass is 9.90. The molecule has 0 saturated carbocycles. The molecule has 0 aromatic heterocycles. The van der Waals surface area contributed by atoms with E-state index in [1.54, 1.807) is 0 Å². The zero-order valence-corrected chi connectivity index (χ0v) is 18.9. The Hall–Kier alpha value is -1.87. The first-order valence-corrected chi connectivity index (χ1v) is 10.9. The second kappa shape index (κ2) is 16.7. The predicted octanol–water partition coefficient (Wildman–Crippen LogP) is -4.74. The minimum absolute atomic E-state index is 0.259. The van der Waals surface area contributed by atoms with Gasteiger partial charge in [0.1, 0.15) is 0 Å². The summed E-state index contributed by atoms with van der Waals surface area (Å²) in [5, 5.41) is 18.8. The van der Waals surface area contributed by atoms with E-state index in [0.717, 1.165) is 0 Å². The second-order valence-electron chi connectivity index (χ2n) is 8.16. The van der Waals surface area contributed by atoms with Crippen LogP contribution in [0.3, 0.4) is 0 Å². The Morgan fingerprint density at radius 1 is 0.625 bits per heavy atom. The van der Waals surface area contributed by atoms with Gasteiger partial charge in [-0.15, -0.1) is 0 Å². The molecule has 0 aliphatic heterocycles. The molecule has 0 bridgehead atoms. The summed E-state index contributed by atoms with van der Waals surface area (Å²) in [6.45, 7) is 1.63. The summed E-state index contributed by atoms with van der Waals surface area (Å²) in [5.41, 5.74) is 31.6. The molecule has 13 heteroatoms. The van der Waals surface area contributed by atoms with Gasteiger partial charge < -0.3 is 55.5 Å². The van der Waals surface area contributed by atoms with Gasteiger partial charge in [0.25, 0.3) is 0 Å². The number of carbonyl (C=O) groups is 3. The fourth-order valence-corrected chi connectivity index (χ4v) is 2.82. The number of rotatable bonds is 18. The van der Waals surface area contributed by atoms with Gasteiger partial charge in [0.05, 0.1) is 24.9 Å². The van der Waals surface area contributed by atoms with Crippen LogP contribution in [0.5, 0.6) is 0 Å². The molecule has 0 rings (SSSR count). The summed E-state index contributed by atoms with van der Waals surface area (Å²) < 4.78 is 0.